The summed E-state index contributed by atoms with van der Waals surface area (Å²) < 4.78 is 0. The Morgan fingerprint density at radius 2 is 2.22 bits per heavy atom. The number of hydrazine groups is 1. The molecule has 0 unspecified atom stereocenters. The van der Waals surface area contributed by atoms with Crippen molar-refractivity contribution >= 4 is 17.0 Å². The lowest BCUT2D eigenvalue weighted by Gasteiger charge is -1.86. The van der Waals surface area contributed by atoms with Gasteiger partial charge in [-0.3, -0.25) is 5.84 Å². The summed E-state index contributed by atoms with van der Waals surface area (Å²) in [6, 6.07) is 1.92. The van der Waals surface area contributed by atoms with E-state index >= 15 is 0 Å². The molecule has 0 bridgehead atoms. The highest BCUT2D eigenvalue weighted by Crippen LogP contribution is 2.08. The third-order valence-corrected chi connectivity index (χ3v) is 1.37. The first-order valence-corrected chi connectivity index (χ1v) is 3.86. The summed E-state index contributed by atoms with van der Waals surface area (Å²) in [5.74, 6) is 5.05. The van der Waals surface area contributed by atoms with Gasteiger partial charge in [-0.25, -0.2) is 0 Å². The number of nitrogens with one attached hydrogen (secondary N) is 1. The number of hydrogen-bond donors (Lipinski definition) is 2. The molecule has 0 saturated carbocycles. The van der Waals surface area contributed by atoms with Gasteiger partial charge in [0.1, 0.15) is 0 Å². The van der Waals surface area contributed by atoms with Crippen LogP contribution >= 0.6 is 11.3 Å². The van der Waals surface area contributed by atoms with Crippen molar-refractivity contribution in [3.8, 4) is 0 Å². The molecule has 0 aromatic carbocycles. The topological polar surface area (TPSA) is 38.0 Å². The van der Waals surface area contributed by atoms with Crippen LogP contribution in [0.3, 0.4) is 0 Å². The third-order valence-electron chi connectivity index (χ3n) is 0.688. The van der Waals surface area contributed by atoms with Gasteiger partial charge in [0.2, 0.25) is 0 Å². The average molecular weight is 144 g/mol. The standard InChI is InChI=1S/C4H6N2S.C2H6/c5-6-4-1-2-7-3-4;1-2/h1-3,6H,5H2;1-2H3. The zero-order valence-corrected chi connectivity index (χ0v) is 6.53. The van der Waals surface area contributed by atoms with Gasteiger partial charge in [-0.1, -0.05) is 13.8 Å². The van der Waals surface area contributed by atoms with Crippen LogP contribution < -0.4 is 11.3 Å². The van der Waals surface area contributed by atoms with Crippen LogP contribution in [0, 0.1) is 0 Å². The maximum absolute atomic E-state index is 5.05. The van der Waals surface area contributed by atoms with Gasteiger partial charge in [0.25, 0.3) is 0 Å². The van der Waals surface area contributed by atoms with E-state index in [4.69, 9.17) is 5.84 Å². The third kappa shape index (κ3) is 3.11. The number of nitrogens with two attached hydrogens (primary N) is 1. The Labute approximate surface area is 59.7 Å². The zero-order chi connectivity index (χ0) is 7.11. The van der Waals surface area contributed by atoms with Crippen LogP contribution in [0.4, 0.5) is 5.69 Å². The Balaban J connectivity index is 0.000000291. The number of rotatable bonds is 1. The van der Waals surface area contributed by atoms with Gasteiger partial charge in [-0.2, -0.15) is 11.3 Å². The minimum absolute atomic E-state index is 0.977. The summed E-state index contributed by atoms with van der Waals surface area (Å²) in [4.78, 5) is 0. The van der Waals surface area contributed by atoms with E-state index in [-0.39, 0.29) is 0 Å². The molecule has 0 aliphatic heterocycles. The zero-order valence-electron chi connectivity index (χ0n) is 5.72. The van der Waals surface area contributed by atoms with E-state index in [0.29, 0.717) is 0 Å². The Bertz CT molecular complexity index is 126. The largest absolute Gasteiger partial charge is 0.323 e. The number of hydrogen-bond acceptors (Lipinski definition) is 3. The first kappa shape index (κ1) is 8.46. The normalized spacial score (nSPS) is 7.44. The minimum Gasteiger partial charge on any atom is -0.323 e. The van der Waals surface area contributed by atoms with Crippen molar-refractivity contribution in [1.82, 2.24) is 0 Å². The molecular formula is C6H12N2S. The van der Waals surface area contributed by atoms with Gasteiger partial charge in [-0.05, 0) is 11.4 Å². The van der Waals surface area contributed by atoms with Gasteiger partial charge in [-0.15, -0.1) is 0 Å². The van der Waals surface area contributed by atoms with Crippen molar-refractivity contribution in [2.45, 2.75) is 13.8 Å². The molecule has 52 valence electrons. The lowest BCUT2D eigenvalue weighted by atomic mass is 10.6. The fraction of sp³-hybridized carbons (Fsp3) is 0.333. The van der Waals surface area contributed by atoms with E-state index in [0.717, 1.165) is 5.69 Å². The fourth-order valence-electron chi connectivity index (χ4n) is 0.347. The quantitative estimate of drug-likeness (QED) is 0.467. The number of anilines is 1. The van der Waals surface area contributed by atoms with Gasteiger partial charge in [0.05, 0.1) is 5.69 Å². The molecule has 0 atom stereocenters. The van der Waals surface area contributed by atoms with E-state index in [1.54, 1.807) is 11.3 Å². The second kappa shape index (κ2) is 5.59. The van der Waals surface area contributed by atoms with Crippen LogP contribution in [-0.2, 0) is 0 Å². The maximum Gasteiger partial charge on any atom is 0.0591 e. The molecule has 0 aliphatic carbocycles. The van der Waals surface area contributed by atoms with Gasteiger partial charge < -0.3 is 5.43 Å². The summed E-state index contributed by atoms with van der Waals surface area (Å²) in [6.45, 7) is 4.00. The van der Waals surface area contributed by atoms with Crippen LogP contribution in [0.1, 0.15) is 13.8 Å². The van der Waals surface area contributed by atoms with Crippen molar-refractivity contribution in [1.29, 1.82) is 0 Å². The average Bonchev–Trinajstić information content (AvgIpc) is 2.43. The smallest absolute Gasteiger partial charge is 0.0591 e. The summed E-state index contributed by atoms with van der Waals surface area (Å²) in [6.07, 6.45) is 0. The molecule has 3 heteroatoms. The SMILES string of the molecule is CC.NNc1ccsc1. The molecule has 1 aromatic heterocycles. The van der Waals surface area contributed by atoms with Crippen molar-refractivity contribution in [3.63, 3.8) is 0 Å². The van der Waals surface area contributed by atoms with Crippen LogP contribution in [0.5, 0.6) is 0 Å². The minimum atomic E-state index is 0.977. The molecule has 0 aliphatic rings. The number of thiophene rings is 1. The summed E-state index contributed by atoms with van der Waals surface area (Å²) in [5, 5.41) is 3.91. The van der Waals surface area contributed by atoms with E-state index in [1.165, 1.54) is 0 Å². The summed E-state index contributed by atoms with van der Waals surface area (Å²) >= 11 is 1.62. The number of nitrogen functional groups attached to an aromatic ring is 1. The van der Waals surface area contributed by atoms with Crippen molar-refractivity contribution in [3.05, 3.63) is 16.8 Å². The van der Waals surface area contributed by atoms with E-state index < -0.39 is 0 Å². The lowest BCUT2D eigenvalue weighted by molar-refractivity contribution is 1.37. The van der Waals surface area contributed by atoms with Gasteiger partial charge in [0.15, 0.2) is 0 Å². The molecule has 1 rings (SSSR count). The molecule has 1 aromatic rings. The molecule has 0 saturated heterocycles. The van der Waals surface area contributed by atoms with E-state index in [2.05, 4.69) is 5.43 Å². The van der Waals surface area contributed by atoms with Gasteiger partial charge in [0, 0.05) is 5.38 Å². The molecule has 9 heavy (non-hydrogen) atoms. The predicted octanol–water partition coefficient (Wildman–Crippen LogP) is 2.06. The second-order valence-corrected chi connectivity index (χ2v) is 1.94. The highest BCUT2D eigenvalue weighted by molar-refractivity contribution is 7.08. The monoisotopic (exact) mass is 144 g/mol. The lowest BCUT2D eigenvalue weighted by Crippen LogP contribution is -2.04. The molecular weight excluding hydrogens is 132 g/mol. The summed E-state index contributed by atoms with van der Waals surface area (Å²) in [7, 11) is 0. The Morgan fingerprint density at radius 3 is 2.44 bits per heavy atom. The highest BCUT2D eigenvalue weighted by atomic mass is 32.1. The van der Waals surface area contributed by atoms with E-state index in [9.17, 15) is 0 Å². The van der Waals surface area contributed by atoms with E-state index in [1.807, 2.05) is 30.7 Å². The first-order chi connectivity index (χ1) is 4.43. The molecule has 2 nitrogen and oxygen atoms in total. The molecule has 0 radical (unpaired) electrons. The Morgan fingerprint density at radius 1 is 1.56 bits per heavy atom. The maximum atomic E-state index is 5.05. The molecule has 1 heterocycles. The molecule has 0 amide bonds. The Hall–Kier alpha value is -0.540. The Kier molecular flexibility index (Phi) is 5.26. The van der Waals surface area contributed by atoms with Crippen LogP contribution in [0.25, 0.3) is 0 Å². The van der Waals surface area contributed by atoms with Crippen LogP contribution in [0.15, 0.2) is 16.8 Å². The fourth-order valence-corrected chi connectivity index (χ4v) is 0.944. The van der Waals surface area contributed by atoms with Crippen LogP contribution in [-0.4, -0.2) is 0 Å². The van der Waals surface area contributed by atoms with Crippen molar-refractivity contribution in [2.75, 3.05) is 5.43 Å². The molecule has 0 spiro atoms. The first-order valence-electron chi connectivity index (χ1n) is 2.92. The highest BCUT2D eigenvalue weighted by Gasteiger charge is 1.80. The molecule has 0 fully saturated rings. The van der Waals surface area contributed by atoms with Crippen LogP contribution in [0.2, 0.25) is 0 Å². The summed E-state index contributed by atoms with van der Waals surface area (Å²) in [5.41, 5.74) is 3.49. The molecule has 3 N–H and O–H groups in total. The van der Waals surface area contributed by atoms with Crippen molar-refractivity contribution < 1.29 is 0 Å². The van der Waals surface area contributed by atoms with Gasteiger partial charge >= 0.3 is 0 Å². The van der Waals surface area contributed by atoms with Crippen molar-refractivity contribution in [2.24, 2.45) is 5.84 Å². The predicted molar refractivity (Wildman–Crippen MR) is 43.5 cm³/mol. The second-order valence-electron chi connectivity index (χ2n) is 1.16.